The van der Waals surface area contributed by atoms with Gasteiger partial charge in [0, 0.05) is 17.3 Å². The summed E-state index contributed by atoms with van der Waals surface area (Å²) in [7, 11) is 0. The first-order valence-electron chi connectivity index (χ1n) is 7.47. The summed E-state index contributed by atoms with van der Waals surface area (Å²) in [6, 6.07) is 11.4. The maximum atomic E-state index is 14.1. The van der Waals surface area contributed by atoms with Gasteiger partial charge in [0.2, 0.25) is 0 Å². The Morgan fingerprint density at radius 2 is 1.77 bits per heavy atom. The molecule has 4 rings (SSSR count). The van der Waals surface area contributed by atoms with Gasteiger partial charge in [0.1, 0.15) is 11.6 Å². The summed E-state index contributed by atoms with van der Waals surface area (Å²) in [6.07, 6.45) is 1.98. The van der Waals surface area contributed by atoms with E-state index in [-0.39, 0.29) is 23.6 Å². The minimum atomic E-state index is -0.284. The van der Waals surface area contributed by atoms with E-state index in [2.05, 4.69) is 4.98 Å². The number of para-hydroxylation sites is 1. The van der Waals surface area contributed by atoms with Crippen LogP contribution in [0.25, 0.3) is 22.2 Å². The van der Waals surface area contributed by atoms with Crippen molar-refractivity contribution in [2.75, 3.05) is 0 Å². The number of hydrogen-bond donors (Lipinski definition) is 2. The Labute approximate surface area is 127 Å². The molecule has 0 amide bonds. The van der Waals surface area contributed by atoms with Crippen molar-refractivity contribution >= 4 is 10.9 Å². The quantitative estimate of drug-likeness (QED) is 0.727. The lowest BCUT2D eigenvalue weighted by molar-refractivity contribution is 0.349. The van der Waals surface area contributed by atoms with Crippen LogP contribution in [0.1, 0.15) is 24.3 Å². The third-order valence-corrected chi connectivity index (χ3v) is 4.65. The van der Waals surface area contributed by atoms with Gasteiger partial charge in [-0.05, 0) is 54.3 Å². The zero-order valence-corrected chi connectivity index (χ0v) is 11.9. The van der Waals surface area contributed by atoms with E-state index in [9.17, 15) is 8.78 Å². The molecule has 3 aromatic rings. The normalized spacial score (nSPS) is 21.0. The van der Waals surface area contributed by atoms with Crippen LogP contribution in [0.3, 0.4) is 0 Å². The van der Waals surface area contributed by atoms with E-state index in [1.165, 1.54) is 18.2 Å². The van der Waals surface area contributed by atoms with Crippen LogP contribution in [0.5, 0.6) is 0 Å². The summed E-state index contributed by atoms with van der Waals surface area (Å²) < 4.78 is 27.3. The molecule has 0 spiro atoms. The van der Waals surface area contributed by atoms with Crippen LogP contribution >= 0.6 is 0 Å². The second-order valence-electron chi connectivity index (χ2n) is 5.93. The third-order valence-electron chi connectivity index (χ3n) is 4.65. The van der Waals surface area contributed by atoms with Gasteiger partial charge >= 0.3 is 0 Å². The number of aromatic nitrogens is 1. The smallest absolute Gasteiger partial charge is 0.147 e. The highest BCUT2D eigenvalue weighted by molar-refractivity contribution is 5.92. The first-order valence-corrected chi connectivity index (χ1v) is 7.47. The summed E-state index contributed by atoms with van der Waals surface area (Å²) >= 11 is 0. The molecule has 1 aromatic heterocycles. The summed E-state index contributed by atoms with van der Waals surface area (Å²) in [5, 5.41) is 0.875. The topological polar surface area (TPSA) is 41.8 Å². The van der Waals surface area contributed by atoms with Crippen molar-refractivity contribution in [3.05, 3.63) is 59.7 Å². The molecule has 1 aliphatic rings. The Morgan fingerprint density at radius 3 is 2.41 bits per heavy atom. The highest BCUT2D eigenvalue weighted by Crippen LogP contribution is 2.44. The summed E-state index contributed by atoms with van der Waals surface area (Å²) in [5.74, 6) is -0.344. The van der Waals surface area contributed by atoms with Crippen LogP contribution in [0.2, 0.25) is 0 Å². The highest BCUT2D eigenvalue weighted by Gasteiger charge is 2.33. The van der Waals surface area contributed by atoms with Crippen LogP contribution < -0.4 is 5.73 Å². The molecular weight excluding hydrogens is 282 g/mol. The van der Waals surface area contributed by atoms with Gasteiger partial charge in [0.05, 0.1) is 11.2 Å². The summed E-state index contributed by atoms with van der Waals surface area (Å²) in [6.45, 7) is 0. The van der Waals surface area contributed by atoms with Gasteiger partial charge in [-0.15, -0.1) is 0 Å². The number of nitrogens with one attached hydrogen (secondary N) is 1. The maximum Gasteiger partial charge on any atom is 0.147 e. The van der Waals surface area contributed by atoms with E-state index >= 15 is 0 Å². The number of hydrogen-bond acceptors (Lipinski definition) is 1. The summed E-state index contributed by atoms with van der Waals surface area (Å²) in [4.78, 5) is 3.18. The van der Waals surface area contributed by atoms with E-state index in [0.29, 0.717) is 5.52 Å². The molecule has 4 heteroatoms. The van der Waals surface area contributed by atoms with Crippen molar-refractivity contribution in [2.24, 2.45) is 5.73 Å². The molecule has 0 aliphatic heterocycles. The lowest BCUT2D eigenvalue weighted by Crippen LogP contribution is -2.37. The van der Waals surface area contributed by atoms with Crippen LogP contribution in [0.4, 0.5) is 8.78 Å². The number of aromatic amines is 1. The van der Waals surface area contributed by atoms with E-state index in [4.69, 9.17) is 5.73 Å². The van der Waals surface area contributed by atoms with Crippen molar-refractivity contribution < 1.29 is 8.78 Å². The van der Waals surface area contributed by atoms with Gasteiger partial charge in [-0.3, -0.25) is 0 Å². The predicted molar refractivity (Wildman–Crippen MR) is 83.6 cm³/mol. The molecule has 2 aromatic carbocycles. The molecule has 0 bridgehead atoms. The molecule has 2 atom stereocenters. The minimum Gasteiger partial charge on any atom is -0.352 e. The monoisotopic (exact) mass is 298 g/mol. The van der Waals surface area contributed by atoms with Crippen LogP contribution in [-0.4, -0.2) is 11.0 Å². The fourth-order valence-electron chi connectivity index (χ4n) is 3.32. The molecule has 112 valence electrons. The van der Waals surface area contributed by atoms with E-state index in [1.807, 2.05) is 6.07 Å². The largest absolute Gasteiger partial charge is 0.352 e. The predicted octanol–water partition coefficient (Wildman–Crippen LogP) is 4.32. The molecule has 1 saturated carbocycles. The lowest BCUT2D eigenvalue weighted by Gasteiger charge is -2.34. The molecule has 3 N–H and O–H groups in total. The fraction of sp³-hybridized carbons (Fsp3) is 0.222. The number of fused-ring (bicyclic) bond motifs is 1. The SMILES string of the molecule is NC1CCC1c1c(-c2ccc(F)cc2)[nH]c2c(F)cccc12. The molecule has 0 saturated heterocycles. The zero-order valence-electron chi connectivity index (χ0n) is 11.9. The lowest BCUT2D eigenvalue weighted by atomic mass is 9.74. The van der Waals surface area contributed by atoms with Crippen molar-refractivity contribution in [2.45, 2.75) is 24.8 Å². The molecule has 1 aliphatic carbocycles. The summed E-state index contributed by atoms with van der Waals surface area (Å²) in [5.41, 5.74) is 9.40. The second-order valence-corrected chi connectivity index (χ2v) is 5.93. The molecule has 0 radical (unpaired) electrons. The molecule has 1 fully saturated rings. The minimum absolute atomic E-state index is 0.0986. The Kier molecular flexibility index (Phi) is 3.01. The Hall–Kier alpha value is -2.20. The van der Waals surface area contributed by atoms with Gasteiger partial charge in [0.25, 0.3) is 0 Å². The van der Waals surface area contributed by atoms with Gasteiger partial charge in [-0.2, -0.15) is 0 Å². The molecule has 2 unspecified atom stereocenters. The van der Waals surface area contributed by atoms with E-state index < -0.39 is 0 Å². The van der Waals surface area contributed by atoms with Crippen LogP contribution in [0, 0.1) is 11.6 Å². The average molecular weight is 298 g/mol. The fourth-order valence-corrected chi connectivity index (χ4v) is 3.32. The zero-order chi connectivity index (χ0) is 15.3. The Balaban J connectivity index is 1.98. The molecule has 2 nitrogen and oxygen atoms in total. The van der Waals surface area contributed by atoms with Crippen LogP contribution in [0.15, 0.2) is 42.5 Å². The van der Waals surface area contributed by atoms with Gasteiger partial charge in [-0.25, -0.2) is 8.78 Å². The number of halogens is 2. The first kappa shape index (κ1) is 13.5. The van der Waals surface area contributed by atoms with E-state index in [0.717, 1.165) is 35.0 Å². The molecular formula is C18H16F2N2. The third kappa shape index (κ3) is 1.95. The molecule has 1 heterocycles. The number of nitrogens with two attached hydrogens (primary N) is 1. The standard InChI is InChI=1S/C18H16F2N2/c19-11-6-4-10(5-7-11)17-16(12-8-9-15(12)21)13-2-1-3-14(20)18(13)22-17/h1-7,12,15,22H,8-9,21H2. The van der Waals surface area contributed by atoms with Crippen molar-refractivity contribution in [1.82, 2.24) is 4.98 Å². The highest BCUT2D eigenvalue weighted by atomic mass is 19.1. The van der Waals surface area contributed by atoms with Gasteiger partial charge in [-0.1, -0.05) is 12.1 Å². The Morgan fingerprint density at radius 1 is 1.00 bits per heavy atom. The number of H-pyrrole nitrogens is 1. The number of benzene rings is 2. The van der Waals surface area contributed by atoms with Crippen molar-refractivity contribution in [3.63, 3.8) is 0 Å². The maximum absolute atomic E-state index is 14.1. The first-order chi connectivity index (χ1) is 10.6. The van der Waals surface area contributed by atoms with E-state index in [1.54, 1.807) is 18.2 Å². The van der Waals surface area contributed by atoms with Gasteiger partial charge < -0.3 is 10.7 Å². The van der Waals surface area contributed by atoms with Gasteiger partial charge in [0.15, 0.2) is 0 Å². The average Bonchev–Trinajstić information content (AvgIpc) is 2.87. The second kappa shape index (κ2) is 4.92. The van der Waals surface area contributed by atoms with Crippen molar-refractivity contribution in [3.8, 4) is 11.3 Å². The van der Waals surface area contributed by atoms with Crippen LogP contribution in [-0.2, 0) is 0 Å². The number of rotatable bonds is 2. The Bertz CT molecular complexity index is 836. The van der Waals surface area contributed by atoms with Crippen molar-refractivity contribution in [1.29, 1.82) is 0 Å². The molecule has 22 heavy (non-hydrogen) atoms.